The summed E-state index contributed by atoms with van der Waals surface area (Å²) in [6, 6.07) is 6.58. The van der Waals surface area contributed by atoms with Gasteiger partial charge in [-0.1, -0.05) is 38.8 Å². The average molecular weight is 245 g/mol. The lowest BCUT2D eigenvalue weighted by molar-refractivity contribution is 0.143. The molecule has 3 unspecified atom stereocenters. The first-order valence-corrected chi connectivity index (χ1v) is 7.16. The molecule has 2 N–H and O–H groups in total. The summed E-state index contributed by atoms with van der Waals surface area (Å²) in [7, 11) is 0. The Labute approximate surface area is 110 Å². The van der Waals surface area contributed by atoms with Gasteiger partial charge in [0.2, 0.25) is 0 Å². The van der Waals surface area contributed by atoms with Gasteiger partial charge < -0.3 is 10.5 Å². The van der Waals surface area contributed by atoms with E-state index in [2.05, 4.69) is 32.0 Å². The van der Waals surface area contributed by atoms with Crippen LogP contribution in [0.5, 0.6) is 5.75 Å². The molecule has 1 saturated carbocycles. The van der Waals surface area contributed by atoms with Gasteiger partial charge in [-0.2, -0.15) is 0 Å². The van der Waals surface area contributed by atoms with E-state index in [1.165, 1.54) is 24.0 Å². The van der Waals surface area contributed by atoms with Gasteiger partial charge in [-0.25, -0.2) is 0 Å². The van der Waals surface area contributed by atoms with Crippen molar-refractivity contribution >= 4 is 0 Å². The SMILES string of the molecule is CC1CCCC(N)(c2ccc3c(c2)CCO3)C1C. The van der Waals surface area contributed by atoms with Crippen LogP contribution in [-0.2, 0) is 12.0 Å². The molecule has 3 atom stereocenters. The molecule has 1 fully saturated rings. The molecule has 98 valence electrons. The highest BCUT2D eigenvalue weighted by atomic mass is 16.5. The molecule has 2 nitrogen and oxygen atoms in total. The summed E-state index contributed by atoms with van der Waals surface area (Å²) in [5.74, 6) is 2.32. The zero-order valence-corrected chi connectivity index (χ0v) is 11.4. The van der Waals surface area contributed by atoms with E-state index in [4.69, 9.17) is 10.5 Å². The molecular formula is C16H23NO. The van der Waals surface area contributed by atoms with Crippen LogP contribution >= 0.6 is 0 Å². The second-order valence-electron chi connectivity index (χ2n) is 6.12. The predicted octanol–water partition coefficient (Wildman–Crippen LogP) is 3.23. The number of ether oxygens (including phenoxy) is 1. The third-order valence-corrected chi connectivity index (χ3v) is 5.14. The molecule has 0 aromatic heterocycles. The Hall–Kier alpha value is -1.02. The number of hydrogen-bond acceptors (Lipinski definition) is 2. The Kier molecular flexibility index (Phi) is 2.86. The Morgan fingerprint density at radius 2 is 2.17 bits per heavy atom. The van der Waals surface area contributed by atoms with Gasteiger partial charge in [-0.3, -0.25) is 0 Å². The third kappa shape index (κ3) is 1.74. The summed E-state index contributed by atoms with van der Waals surface area (Å²) >= 11 is 0. The van der Waals surface area contributed by atoms with E-state index in [1.807, 2.05) is 0 Å². The first-order chi connectivity index (χ1) is 8.61. The van der Waals surface area contributed by atoms with Crippen LogP contribution in [-0.4, -0.2) is 6.61 Å². The second kappa shape index (κ2) is 4.27. The highest BCUT2D eigenvalue weighted by Gasteiger charge is 2.39. The minimum absolute atomic E-state index is 0.144. The van der Waals surface area contributed by atoms with Crippen molar-refractivity contribution in [3.05, 3.63) is 29.3 Å². The van der Waals surface area contributed by atoms with Crippen molar-refractivity contribution in [2.45, 2.75) is 45.1 Å². The van der Waals surface area contributed by atoms with Crippen LogP contribution in [0.4, 0.5) is 0 Å². The van der Waals surface area contributed by atoms with Crippen molar-refractivity contribution in [3.8, 4) is 5.75 Å². The average Bonchev–Trinajstić information content (AvgIpc) is 2.83. The zero-order chi connectivity index (χ0) is 12.8. The first-order valence-electron chi connectivity index (χ1n) is 7.16. The van der Waals surface area contributed by atoms with E-state index in [9.17, 15) is 0 Å². The maximum atomic E-state index is 6.77. The summed E-state index contributed by atoms with van der Waals surface area (Å²) in [5.41, 5.74) is 9.27. The fourth-order valence-electron chi connectivity index (χ4n) is 3.59. The number of hydrogen-bond donors (Lipinski definition) is 1. The molecule has 1 aliphatic carbocycles. The molecule has 2 aliphatic rings. The normalized spacial score (nSPS) is 35.1. The van der Waals surface area contributed by atoms with Gasteiger partial charge >= 0.3 is 0 Å². The number of nitrogens with two attached hydrogens (primary N) is 1. The smallest absolute Gasteiger partial charge is 0.122 e. The van der Waals surface area contributed by atoms with Crippen LogP contribution in [0, 0.1) is 11.8 Å². The molecule has 0 amide bonds. The van der Waals surface area contributed by atoms with Crippen LogP contribution in [0.1, 0.15) is 44.2 Å². The van der Waals surface area contributed by atoms with Gasteiger partial charge in [-0.05, 0) is 35.4 Å². The fraction of sp³-hybridized carbons (Fsp3) is 0.625. The molecule has 3 rings (SSSR count). The van der Waals surface area contributed by atoms with Crippen LogP contribution < -0.4 is 10.5 Å². The molecule has 1 aromatic carbocycles. The standard InChI is InChI=1S/C16H23NO/c1-11-4-3-8-16(17,12(11)2)14-5-6-15-13(10-14)7-9-18-15/h5-6,10-12H,3-4,7-9,17H2,1-2H3. The zero-order valence-electron chi connectivity index (χ0n) is 11.4. The fourth-order valence-corrected chi connectivity index (χ4v) is 3.59. The summed E-state index contributed by atoms with van der Waals surface area (Å²) < 4.78 is 5.58. The third-order valence-electron chi connectivity index (χ3n) is 5.14. The number of rotatable bonds is 1. The van der Waals surface area contributed by atoms with Crippen LogP contribution in [0.15, 0.2) is 18.2 Å². The minimum Gasteiger partial charge on any atom is -0.493 e. The molecule has 0 spiro atoms. The van der Waals surface area contributed by atoms with Crippen molar-refractivity contribution < 1.29 is 4.74 Å². The summed E-state index contributed by atoms with van der Waals surface area (Å²) in [6.07, 6.45) is 4.70. The van der Waals surface area contributed by atoms with Crippen LogP contribution in [0.25, 0.3) is 0 Å². The lowest BCUT2D eigenvalue weighted by atomic mass is 9.65. The second-order valence-corrected chi connectivity index (χ2v) is 6.12. The molecule has 0 bridgehead atoms. The molecule has 18 heavy (non-hydrogen) atoms. The Morgan fingerprint density at radius 3 is 3.00 bits per heavy atom. The van der Waals surface area contributed by atoms with Gasteiger partial charge in [0.05, 0.1) is 6.61 Å². The van der Waals surface area contributed by atoms with E-state index >= 15 is 0 Å². The largest absolute Gasteiger partial charge is 0.493 e. The van der Waals surface area contributed by atoms with Crippen molar-refractivity contribution in [2.75, 3.05) is 6.61 Å². The Morgan fingerprint density at radius 1 is 1.33 bits per heavy atom. The van der Waals surface area contributed by atoms with Crippen molar-refractivity contribution in [1.29, 1.82) is 0 Å². The van der Waals surface area contributed by atoms with Gasteiger partial charge in [0.25, 0.3) is 0 Å². The molecule has 0 radical (unpaired) electrons. The topological polar surface area (TPSA) is 35.2 Å². The van der Waals surface area contributed by atoms with Crippen molar-refractivity contribution in [1.82, 2.24) is 0 Å². The Balaban J connectivity index is 1.97. The summed E-state index contributed by atoms with van der Waals surface area (Å²) in [6.45, 7) is 5.47. The molecule has 1 aromatic rings. The monoisotopic (exact) mass is 245 g/mol. The molecular weight excluding hydrogens is 222 g/mol. The molecule has 2 heteroatoms. The molecule has 0 saturated heterocycles. The number of fused-ring (bicyclic) bond motifs is 1. The summed E-state index contributed by atoms with van der Waals surface area (Å²) in [5, 5.41) is 0. The highest BCUT2D eigenvalue weighted by molar-refractivity contribution is 5.42. The molecule has 1 heterocycles. The van der Waals surface area contributed by atoms with Gasteiger partial charge in [-0.15, -0.1) is 0 Å². The van der Waals surface area contributed by atoms with Gasteiger partial charge in [0.1, 0.15) is 5.75 Å². The van der Waals surface area contributed by atoms with Crippen molar-refractivity contribution in [2.24, 2.45) is 17.6 Å². The van der Waals surface area contributed by atoms with E-state index in [0.29, 0.717) is 11.8 Å². The minimum atomic E-state index is -0.144. The quantitative estimate of drug-likeness (QED) is 0.824. The lowest BCUT2D eigenvalue weighted by Gasteiger charge is -2.43. The van der Waals surface area contributed by atoms with E-state index < -0.39 is 0 Å². The molecule has 1 aliphatic heterocycles. The van der Waals surface area contributed by atoms with Gasteiger partial charge in [0, 0.05) is 12.0 Å². The van der Waals surface area contributed by atoms with Crippen LogP contribution in [0.2, 0.25) is 0 Å². The van der Waals surface area contributed by atoms with Gasteiger partial charge in [0.15, 0.2) is 0 Å². The maximum absolute atomic E-state index is 6.77. The summed E-state index contributed by atoms with van der Waals surface area (Å²) in [4.78, 5) is 0. The van der Waals surface area contributed by atoms with Crippen molar-refractivity contribution in [3.63, 3.8) is 0 Å². The van der Waals surface area contributed by atoms with Crippen LogP contribution in [0.3, 0.4) is 0 Å². The van der Waals surface area contributed by atoms with E-state index in [1.54, 1.807) is 0 Å². The Bertz CT molecular complexity index is 456. The number of benzene rings is 1. The lowest BCUT2D eigenvalue weighted by Crippen LogP contribution is -2.48. The maximum Gasteiger partial charge on any atom is 0.122 e. The van der Waals surface area contributed by atoms with E-state index in [-0.39, 0.29) is 5.54 Å². The highest BCUT2D eigenvalue weighted by Crippen LogP contribution is 2.43. The predicted molar refractivity (Wildman–Crippen MR) is 73.7 cm³/mol. The van der Waals surface area contributed by atoms with E-state index in [0.717, 1.165) is 25.2 Å². The first kappa shape index (κ1) is 12.0.